The third kappa shape index (κ3) is 5.16. The van der Waals surface area contributed by atoms with Crippen LogP contribution in [-0.2, 0) is 14.8 Å². The smallest absolute Gasteiger partial charge is 0.240 e. The molecule has 1 aliphatic rings. The molecule has 0 saturated carbocycles. The number of aliphatic hydroxyl groups excluding tert-OH is 1. The van der Waals surface area contributed by atoms with E-state index in [1.165, 1.54) is 0 Å². The van der Waals surface area contributed by atoms with E-state index in [2.05, 4.69) is 25.3 Å². The van der Waals surface area contributed by atoms with Crippen LogP contribution < -0.4 is 20.5 Å². The number of tetrazole rings is 1. The lowest BCUT2D eigenvalue weighted by Gasteiger charge is -2.41. The Balaban J connectivity index is 2.08. The van der Waals surface area contributed by atoms with Gasteiger partial charge < -0.3 is 20.5 Å². The van der Waals surface area contributed by atoms with Crippen LogP contribution >= 0.6 is 11.9 Å². The zero-order valence-electron chi connectivity index (χ0n) is 17.4. The highest BCUT2D eigenvalue weighted by Crippen LogP contribution is 2.41. The summed E-state index contributed by atoms with van der Waals surface area (Å²) in [6, 6.07) is 3.47. The minimum Gasteiger partial charge on any atom is -0.393 e. The average molecular weight is 473 g/mol. The number of aromatic nitrogens is 4. The van der Waals surface area contributed by atoms with Crippen molar-refractivity contribution in [2.75, 3.05) is 38.3 Å². The summed E-state index contributed by atoms with van der Waals surface area (Å²) in [4.78, 5) is 2.33. The predicted octanol–water partition coefficient (Wildman–Crippen LogP) is -0.564. The second-order valence-corrected chi connectivity index (χ2v) is 9.83. The van der Waals surface area contributed by atoms with Crippen molar-refractivity contribution in [3.8, 4) is 11.4 Å². The van der Waals surface area contributed by atoms with Crippen LogP contribution in [0.3, 0.4) is 0 Å². The van der Waals surface area contributed by atoms with Gasteiger partial charge >= 0.3 is 0 Å². The van der Waals surface area contributed by atoms with Gasteiger partial charge in [0.1, 0.15) is 4.90 Å². The standard InChI is InChI=1S/C17H28N8O4S2/c1-11(9-18)22-30-13-4-3-12(25-7-5-17(10-26,29-2)6-8-25)14(15(13)31(19,27)28)16-20-23-24-21-16/h3-4,11,22,26H,5-10,18H2,1-2H3,(H2,19,27,28)(H,20,21,23,24)/t11-/m1/s1. The van der Waals surface area contributed by atoms with Crippen LogP contribution in [0.15, 0.2) is 21.9 Å². The number of hydrogen-bond acceptors (Lipinski definition) is 11. The van der Waals surface area contributed by atoms with Gasteiger partial charge in [0, 0.05) is 43.4 Å². The molecule has 31 heavy (non-hydrogen) atoms. The number of sulfonamides is 1. The number of hydrogen-bond donors (Lipinski definition) is 5. The van der Waals surface area contributed by atoms with Crippen LogP contribution in [0.1, 0.15) is 19.8 Å². The highest BCUT2D eigenvalue weighted by atomic mass is 32.2. The Kier molecular flexibility index (Phi) is 7.51. The van der Waals surface area contributed by atoms with Gasteiger partial charge in [-0.2, -0.15) is 5.21 Å². The largest absolute Gasteiger partial charge is 0.393 e. The van der Waals surface area contributed by atoms with Gasteiger partial charge in [0.25, 0.3) is 0 Å². The molecule has 14 heteroatoms. The van der Waals surface area contributed by atoms with Crippen LogP contribution in [0.5, 0.6) is 0 Å². The molecule has 3 rings (SSSR count). The van der Waals surface area contributed by atoms with E-state index >= 15 is 0 Å². The Bertz CT molecular complexity index is 972. The second kappa shape index (κ2) is 9.77. The van der Waals surface area contributed by atoms with E-state index in [1.54, 1.807) is 13.2 Å². The number of nitrogens with zero attached hydrogens (tertiary/aromatic N) is 4. The van der Waals surface area contributed by atoms with E-state index in [0.717, 1.165) is 11.9 Å². The summed E-state index contributed by atoms with van der Waals surface area (Å²) >= 11 is 1.13. The van der Waals surface area contributed by atoms with Gasteiger partial charge in [-0.05, 0) is 49.1 Å². The van der Waals surface area contributed by atoms with E-state index < -0.39 is 15.6 Å². The number of aliphatic hydroxyl groups is 1. The molecule has 0 spiro atoms. The molecule has 1 fully saturated rings. The fourth-order valence-corrected chi connectivity index (χ4v) is 5.51. The monoisotopic (exact) mass is 472 g/mol. The molecule has 1 aromatic carbocycles. The number of ether oxygens (including phenoxy) is 1. The Morgan fingerprint density at radius 3 is 2.65 bits per heavy atom. The highest BCUT2D eigenvalue weighted by molar-refractivity contribution is 7.98. The molecule has 2 aromatic rings. The van der Waals surface area contributed by atoms with Gasteiger partial charge in [0.2, 0.25) is 15.8 Å². The van der Waals surface area contributed by atoms with Crippen LogP contribution in [0.4, 0.5) is 5.69 Å². The van der Waals surface area contributed by atoms with Crippen molar-refractivity contribution in [3.63, 3.8) is 0 Å². The van der Waals surface area contributed by atoms with Crippen LogP contribution in [0.25, 0.3) is 11.4 Å². The van der Waals surface area contributed by atoms with Crippen molar-refractivity contribution in [1.82, 2.24) is 25.3 Å². The summed E-state index contributed by atoms with van der Waals surface area (Å²) < 4.78 is 34.0. The van der Waals surface area contributed by atoms with Gasteiger partial charge in [-0.15, -0.1) is 10.2 Å². The number of nitrogens with two attached hydrogens (primary N) is 2. The molecule has 0 radical (unpaired) electrons. The van der Waals surface area contributed by atoms with Crippen molar-refractivity contribution in [3.05, 3.63) is 12.1 Å². The number of H-pyrrole nitrogens is 1. The minimum absolute atomic E-state index is 0.0469. The summed E-state index contributed by atoms with van der Waals surface area (Å²) in [7, 11) is -2.56. The first-order valence-corrected chi connectivity index (χ1v) is 12.1. The van der Waals surface area contributed by atoms with Gasteiger partial charge in [-0.1, -0.05) is 0 Å². The van der Waals surface area contributed by atoms with Crippen molar-refractivity contribution < 1.29 is 18.3 Å². The summed E-state index contributed by atoms with van der Waals surface area (Å²) in [6.07, 6.45) is 1.14. The summed E-state index contributed by atoms with van der Waals surface area (Å²) in [5.41, 5.74) is 5.93. The van der Waals surface area contributed by atoms with E-state index in [9.17, 15) is 13.5 Å². The summed E-state index contributed by atoms with van der Waals surface area (Å²) in [5.74, 6) is 0.124. The first-order chi connectivity index (χ1) is 14.7. The molecule has 12 nitrogen and oxygen atoms in total. The maximum atomic E-state index is 12.7. The van der Waals surface area contributed by atoms with E-state index in [1.807, 2.05) is 17.9 Å². The molecule has 0 amide bonds. The molecule has 0 bridgehead atoms. The molecule has 0 unspecified atom stereocenters. The zero-order chi connectivity index (χ0) is 22.6. The lowest BCUT2D eigenvalue weighted by atomic mass is 9.91. The third-order valence-corrected chi connectivity index (χ3v) is 7.62. The minimum atomic E-state index is -4.14. The Labute approximate surface area is 185 Å². The molecule has 1 saturated heterocycles. The molecular formula is C17H28N8O4S2. The van der Waals surface area contributed by atoms with Crippen LogP contribution in [-0.4, -0.2) is 79.1 Å². The maximum Gasteiger partial charge on any atom is 0.240 e. The first-order valence-electron chi connectivity index (χ1n) is 9.71. The quantitative estimate of drug-likeness (QED) is 0.294. The van der Waals surface area contributed by atoms with Crippen LogP contribution in [0, 0.1) is 0 Å². The van der Waals surface area contributed by atoms with E-state index in [0.29, 0.717) is 43.1 Å². The fourth-order valence-electron chi connectivity index (χ4n) is 3.46. The van der Waals surface area contributed by atoms with Crippen molar-refractivity contribution in [1.29, 1.82) is 0 Å². The van der Waals surface area contributed by atoms with Crippen molar-refractivity contribution >= 4 is 27.7 Å². The molecule has 0 aliphatic carbocycles. The number of rotatable bonds is 9. The number of methoxy groups -OCH3 is 1. The molecular weight excluding hydrogens is 444 g/mol. The molecule has 2 heterocycles. The lowest BCUT2D eigenvalue weighted by Crippen LogP contribution is -2.48. The summed E-state index contributed by atoms with van der Waals surface area (Å²) in [5, 5.41) is 29.4. The molecule has 1 atom stereocenters. The maximum absolute atomic E-state index is 12.7. The topological polar surface area (TPSA) is 185 Å². The summed E-state index contributed by atoms with van der Waals surface area (Å²) in [6.45, 7) is 3.26. The fraction of sp³-hybridized carbons (Fsp3) is 0.588. The Morgan fingerprint density at radius 1 is 1.42 bits per heavy atom. The zero-order valence-corrected chi connectivity index (χ0v) is 19.0. The molecule has 1 aliphatic heterocycles. The number of benzene rings is 1. The Morgan fingerprint density at radius 2 is 2.13 bits per heavy atom. The number of primary sulfonamides is 1. The number of anilines is 1. The second-order valence-electron chi connectivity index (χ2n) is 7.46. The first kappa shape index (κ1) is 23.8. The predicted molar refractivity (Wildman–Crippen MR) is 117 cm³/mol. The third-order valence-electron chi connectivity index (χ3n) is 5.41. The van der Waals surface area contributed by atoms with Crippen molar-refractivity contribution in [2.45, 2.75) is 41.2 Å². The van der Waals surface area contributed by atoms with Gasteiger partial charge in [0.15, 0.2) is 0 Å². The lowest BCUT2D eigenvalue weighted by molar-refractivity contribution is -0.0672. The van der Waals surface area contributed by atoms with Gasteiger partial charge in [0.05, 0.1) is 17.8 Å². The molecule has 1 aromatic heterocycles. The highest BCUT2D eigenvalue weighted by Gasteiger charge is 2.36. The van der Waals surface area contributed by atoms with E-state index in [4.69, 9.17) is 15.6 Å². The number of aromatic amines is 1. The normalized spacial score (nSPS) is 17.6. The number of nitrogens with one attached hydrogen (secondary N) is 2. The van der Waals surface area contributed by atoms with Gasteiger partial charge in [-0.3, -0.25) is 4.72 Å². The Hall–Kier alpha value is -1.81. The molecule has 7 N–H and O–H groups in total. The van der Waals surface area contributed by atoms with Crippen LogP contribution in [0.2, 0.25) is 0 Å². The SMILES string of the molecule is COC1(CO)CCN(c2ccc(SN[C@H](C)CN)c(S(N)(=O)=O)c2-c2nn[nH]n2)CC1. The van der Waals surface area contributed by atoms with E-state index in [-0.39, 0.29) is 28.9 Å². The average Bonchev–Trinajstić information content (AvgIpc) is 3.31. The molecule has 172 valence electrons. The van der Waals surface area contributed by atoms with Crippen molar-refractivity contribution in [2.24, 2.45) is 10.9 Å². The van der Waals surface area contributed by atoms with Gasteiger partial charge in [-0.25, -0.2) is 13.6 Å². The number of piperidine rings is 1.